The molecule has 1 saturated carbocycles. The van der Waals surface area contributed by atoms with Gasteiger partial charge >= 0.3 is 0 Å². The van der Waals surface area contributed by atoms with Crippen LogP contribution in [0.15, 0.2) is 48.5 Å². The van der Waals surface area contributed by atoms with Crippen LogP contribution in [0.3, 0.4) is 0 Å². The number of nitrogens with two attached hydrogens (primary N) is 1. The Morgan fingerprint density at radius 2 is 1.47 bits per heavy atom. The van der Waals surface area contributed by atoms with Gasteiger partial charge in [-0.15, -0.1) is 15.3 Å². The number of nitrogens with one attached hydrogen (secondary N) is 1. The summed E-state index contributed by atoms with van der Waals surface area (Å²) in [5.74, 6) is 2.41. The number of nitrogen functional groups attached to an aromatic ring is 1. The number of halogens is 1. The Bertz CT molecular complexity index is 1800. The van der Waals surface area contributed by atoms with Crippen LogP contribution in [-0.2, 0) is 12.8 Å². The third-order valence-electron chi connectivity index (χ3n) is 12.0. The fourth-order valence-electron chi connectivity index (χ4n) is 9.47. The third-order valence-corrected chi connectivity index (χ3v) is 12.0. The van der Waals surface area contributed by atoms with Gasteiger partial charge < -0.3 is 16.0 Å². The van der Waals surface area contributed by atoms with Gasteiger partial charge in [0.1, 0.15) is 5.82 Å². The van der Waals surface area contributed by atoms with Crippen LogP contribution in [0.25, 0.3) is 17.1 Å². The number of nitrogens with zero attached hydrogens (tertiary/aromatic N) is 8. The predicted octanol–water partition coefficient (Wildman–Crippen LogP) is 5.84. The molecule has 4 aromatic rings. The summed E-state index contributed by atoms with van der Waals surface area (Å²) in [4.78, 5) is 12.2. The van der Waals surface area contributed by atoms with Crippen LogP contribution in [0.4, 0.5) is 27.7 Å². The highest BCUT2D eigenvalue weighted by Gasteiger charge is 2.44. The van der Waals surface area contributed by atoms with Gasteiger partial charge in [-0.2, -0.15) is 9.67 Å². The highest BCUT2D eigenvalue weighted by molar-refractivity contribution is 5.68. The molecule has 3 saturated heterocycles. The van der Waals surface area contributed by atoms with Crippen molar-refractivity contribution in [2.45, 2.75) is 76.3 Å². The molecule has 3 N–H and O–H groups in total. The number of benzene rings is 2. The van der Waals surface area contributed by atoms with Crippen LogP contribution in [0, 0.1) is 17.7 Å². The third kappa shape index (κ3) is 6.05. The number of fused-ring (bicyclic) bond motifs is 4. The Hall–Kier alpha value is -4.09. The Labute approximate surface area is 287 Å². The first-order chi connectivity index (χ1) is 24.1. The molecular weight excluding hydrogens is 615 g/mol. The normalized spacial score (nSPS) is 23.7. The number of aryl methyl sites for hydroxylation is 2. The van der Waals surface area contributed by atoms with E-state index in [1.54, 1.807) is 0 Å². The molecule has 9 rings (SSSR count). The zero-order valence-corrected chi connectivity index (χ0v) is 28.3. The van der Waals surface area contributed by atoms with Gasteiger partial charge in [-0.05, 0) is 92.2 Å². The minimum absolute atomic E-state index is 0.189. The van der Waals surface area contributed by atoms with Crippen molar-refractivity contribution < 1.29 is 4.39 Å². The van der Waals surface area contributed by atoms with Crippen molar-refractivity contribution in [2.24, 2.45) is 11.8 Å². The standard InChI is InChI=1S/C38H47FN10/c39-33-20-29(41-38-42-37(40)49(45-38)35-19-26-9-6-8-25-7-4-5-12-32(25)36(26)44-43-35)13-14-34(33)46-17-15-31(16-18-46)48-23-27-21-47(22-28(27)24-48)30-10-2-1-3-11-30/h4-5,7,12-14,19-20,27-28,30-31H,1-3,6,8-11,15-18,21-24H2,(H3,40,41,42,45). The summed E-state index contributed by atoms with van der Waals surface area (Å²) in [5.41, 5.74) is 12.0. The van der Waals surface area contributed by atoms with Gasteiger partial charge in [0.05, 0.1) is 11.4 Å². The molecule has 5 aliphatic rings. The van der Waals surface area contributed by atoms with Gasteiger partial charge in [0, 0.05) is 62.6 Å². The lowest BCUT2D eigenvalue weighted by Crippen LogP contribution is -2.45. The van der Waals surface area contributed by atoms with E-state index in [0.29, 0.717) is 23.2 Å². The molecule has 0 amide bonds. The number of hydrogen-bond acceptors (Lipinski definition) is 9. The van der Waals surface area contributed by atoms with Crippen molar-refractivity contribution >= 4 is 23.3 Å². The van der Waals surface area contributed by atoms with Gasteiger partial charge in [-0.25, -0.2) is 4.39 Å². The molecule has 3 aliphatic heterocycles. The number of hydrogen-bond donors (Lipinski definition) is 2. The van der Waals surface area contributed by atoms with Gasteiger partial charge in [0.2, 0.25) is 11.9 Å². The Morgan fingerprint density at radius 3 is 2.22 bits per heavy atom. The first-order valence-electron chi connectivity index (χ1n) is 18.5. The minimum Gasteiger partial charge on any atom is -0.369 e. The topological polar surface area (TPSA) is 104 Å². The largest absolute Gasteiger partial charge is 0.369 e. The summed E-state index contributed by atoms with van der Waals surface area (Å²) in [7, 11) is 0. The summed E-state index contributed by atoms with van der Waals surface area (Å²) in [6.07, 6.45) is 12.2. The quantitative estimate of drug-likeness (QED) is 0.264. The van der Waals surface area contributed by atoms with Crippen LogP contribution < -0.4 is 16.0 Å². The van der Waals surface area contributed by atoms with Crippen LogP contribution >= 0.6 is 0 Å². The van der Waals surface area contributed by atoms with E-state index in [-0.39, 0.29) is 17.7 Å². The molecule has 2 aromatic carbocycles. The van der Waals surface area contributed by atoms with E-state index in [0.717, 1.165) is 79.9 Å². The molecule has 10 nitrogen and oxygen atoms in total. The van der Waals surface area contributed by atoms with E-state index in [4.69, 9.17) is 5.73 Å². The number of likely N-dealkylation sites (tertiary alicyclic amines) is 2. The first kappa shape index (κ1) is 30.9. The summed E-state index contributed by atoms with van der Waals surface area (Å²) >= 11 is 0. The van der Waals surface area contributed by atoms with Crippen LogP contribution in [0.2, 0.25) is 0 Å². The predicted molar refractivity (Wildman–Crippen MR) is 191 cm³/mol. The van der Waals surface area contributed by atoms with E-state index in [2.05, 4.69) is 58.5 Å². The van der Waals surface area contributed by atoms with Gasteiger partial charge in [-0.1, -0.05) is 43.5 Å². The Morgan fingerprint density at radius 1 is 0.755 bits per heavy atom. The molecular formula is C38H47FN10. The fourth-order valence-corrected chi connectivity index (χ4v) is 9.47. The van der Waals surface area contributed by atoms with Crippen LogP contribution in [0.1, 0.15) is 62.5 Å². The number of anilines is 4. The van der Waals surface area contributed by atoms with Crippen LogP contribution in [-0.4, -0.2) is 86.1 Å². The molecule has 0 radical (unpaired) electrons. The second-order valence-electron chi connectivity index (χ2n) is 15.0. The Kier molecular flexibility index (Phi) is 8.20. The van der Waals surface area contributed by atoms with E-state index < -0.39 is 0 Å². The van der Waals surface area contributed by atoms with E-state index >= 15 is 4.39 Å². The molecule has 4 fully saturated rings. The maximum absolute atomic E-state index is 15.5. The van der Waals surface area contributed by atoms with Gasteiger partial charge in [0.25, 0.3) is 0 Å². The molecule has 2 atom stereocenters. The van der Waals surface area contributed by atoms with Crippen molar-refractivity contribution in [3.05, 3.63) is 65.5 Å². The zero-order chi connectivity index (χ0) is 32.9. The maximum Gasteiger partial charge on any atom is 0.248 e. The van der Waals surface area contributed by atoms with Crippen LogP contribution in [0.5, 0.6) is 0 Å². The van der Waals surface area contributed by atoms with Crippen molar-refractivity contribution in [1.82, 2.24) is 34.8 Å². The highest BCUT2D eigenvalue weighted by Crippen LogP contribution is 2.38. The van der Waals surface area contributed by atoms with Crippen molar-refractivity contribution in [3.63, 3.8) is 0 Å². The number of rotatable bonds is 6. The monoisotopic (exact) mass is 662 g/mol. The van der Waals surface area contributed by atoms with E-state index in [9.17, 15) is 0 Å². The average Bonchev–Trinajstić information content (AvgIpc) is 3.79. The first-order valence-corrected chi connectivity index (χ1v) is 18.5. The summed E-state index contributed by atoms with van der Waals surface area (Å²) in [6, 6.07) is 17.1. The molecule has 49 heavy (non-hydrogen) atoms. The maximum atomic E-state index is 15.5. The number of piperidine rings is 1. The Balaban J connectivity index is 0.813. The SMILES string of the molecule is Nc1nc(Nc2ccc(N3CCC(N4CC5CN(C6CCCCC6)CC5C4)CC3)c(F)c2)nn1-c1cc2c(nn1)-c1ccccc1CCC2. The van der Waals surface area contributed by atoms with Crippen molar-refractivity contribution in [1.29, 1.82) is 0 Å². The molecule has 2 unspecified atom stereocenters. The lowest BCUT2D eigenvalue weighted by molar-refractivity contribution is 0.145. The lowest BCUT2D eigenvalue weighted by Gasteiger charge is -2.39. The summed E-state index contributed by atoms with van der Waals surface area (Å²) in [6.45, 7) is 6.85. The molecule has 5 heterocycles. The molecule has 0 bridgehead atoms. The van der Waals surface area contributed by atoms with Crippen molar-refractivity contribution in [3.8, 4) is 17.1 Å². The molecule has 256 valence electrons. The lowest BCUT2D eigenvalue weighted by atomic mass is 9.94. The molecule has 0 spiro atoms. The second-order valence-corrected chi connectivity index (χ2v) is 15.0. The summed E-state index contributed by atoms with van der Waals surface area (Å²) in [5, 5.41) is 16.7. The second kappa shape index (κ2) is 13.0. The zero-order valence-electron chi connectivity index (χ0n) is 28.3. The summed E-state index contributed by atoms with van der Waals surface area (Å²) < 4.78 is 17.0. The molecule has 11 heteroatoms. The van der Waals surface area contributed by atoms with E-state index in [1.165, 1.54) is 74.6 Å². The molecule has 2 aliphatic carbocycles. The average molecular weight is 663 g/mol. The smallest absolute Gasteiger partial charge is 0.248 e. The van der Waals surface area contributed by atoms with Gasteiger partial charge in [0.15, 0.2) is 5.82 Å². The fraction of sp³-hybridized carbons (Fsp3) is 0.526. The van der Waals surface area contributed by atoms with Crippen molar-refractivity contribution in [2.75, 3.05) is 55.2 Å². The highest BCUT2D eigenvalue weighted by atomic mass is 19.1. The molecule has 2 aromatic heterocycles. The van der Waals surface area contributed by atoms with Gasteiger partial charge in [-0.3, -0.25) is 9.80 Å². The van der Waals surface area contributed by atoms with E-state index in [1.807, 2.05) is 24.3 Å². The number of aromatic nitrogens is 5. The minimum atomic E-state index is -0.244.